The van der Waals surface area contributed by atoms with Crippen LogP contribution in [0.4, 0.5) is 0 Å². The highest BCUT2D eigenvalue weighted by atomic mass is 32.1. The Morgan fingerprint density at radius 1 is 1.24 bits per heavy atom. The monoisotopic (exact) mass is 299 g/mol. The maximum atomic E-state index is 12.1. The van der Waals surface area contributed by atoms with Crippen LogP contribution in [0.25, 0.3) is 10.8 Å². The Kier molecular flexibility index (Phi) is 3.79. The van der Waals surface area contributed by atoms with Crippen LogP contribution in [0.15, 0.2) is 46.2 Å². The molecule has 3 aromatic rings. The molecule has 1 amide bonds. The summed E-state index contributed by atoms with van der Waals surface area (Å²) in [5.41, 5.74) is 1.58. The van der Waals surface area contributed by atoms with Crippen molar-refractivity contribution in [1.29, 1.82) is 0 Å². The lowest BCUT2D eigenvalue weighted by Gasteiger charge is -2.05. The third kappa shape index (κ3) is 3.00. The molecular formula is C15H13N3O2S. The van der Waals surface area contributed by atoms with Gasteiger partial charge in [0.2, 0.25) is 5.89 Å². The molecule has 0 saturated carbocycles. The first-order valence-electron chi connectivity index (χ1n) is 6.44. The first-order valence-corrected chi connectivity index (χ1v) is 7.32. The molecule has 0 aliphatic rings. The lowest BCUT2D eigenvalue weighted by molar-refractivity contribution is 0.0946. The highest BCUT2D eigenvalue weighted by Crippen LogP contribution is 2.22. The van der Waals surface area contributed by atoms with Gasteiger partial charge in [0.25, 0.3) is 11.8 Å². The Labute approximate surface area is 125 Å². The number of carbonyl (C=O) groups excluding carboxylic acids is 1. The highest BCUT2D eigenvalue weighted by Gasteiger charge is 2.12. The van der Waals surface area contributed by atoms with Gasteiger partial charge in [-0.1, -0.05) is 24.3 Å². The van der Waals surface area contributed by atoms with Gasteiger partial charge in [-0.2, -0.15) is 0 Å². The normalized spacial score (nSPS) is 10.5. The molecule has 0 aliphatic heterocycles. The van der Waals surface area contributed by atoms with E-state index in [2.05, 4.69) is 15.5 Å². The summed E-state index contributed by atoms with van der Waals surface area (Å²) in [6.07, 6.45) is 0. The van der Waals surface area contributed by atoms with Gasteiger partial charge in [-0.3, -0.25) is 4.79 Å². The van der Waals surface area contributed by atoms with Crippen LogP contribution in [0.3, 0.4) is 0 Å². The summed E-state index contributed by atoms with van der Waals surface area (Å²) in [4.78, 5) is 13.0. The average Bonchev–Trinajstić information content (AvgIpc) is 3.16. The summed E-state index contributed by atoms with van der Waals surface area (Å²) in [6.45, 7) is 2.11. The van der Waals surface area contributed by atoms with Crippen molar-refractivity contribution in [3.63, 3.8) is 0 Å². The number of aryl methyl sites for hydroxylation is 1. The molecule has 0 fully saturated rings. The molecule has 0 saturated heterocycles. The minimum absolute atomic E-state index is 0.149. The number of hydrogen-bond donors (Lipinski definition) is 1. The number of hydrogen-bond acceptors (Lipinski definition) is 5. The van der Waals surface area contributed by atoms with Crippen molar-refractivity contribution < 1.29 is 9.21 Å². The summed E-state index contributed by atoms with van der Waals surface area (Å²) in [6, 6.07) is 11.3. The van der Waals surface area contributed by atoms with E-state index < -0.39 is 0 Å². The SMILES string of the molecule is Cc1ccccc1C(=O)NCc1nnc(-c2cccs2)o1. The van der Waals surface area contributed by atoms with Crippen LogP contribution in [-0.4, -0.2) is 16.1 Å². The molecule has 0 atom stereocenters. The van der Waals surface area contributed by atoms with Gasteiger partial charge < -0.3 is 9.73 Å². The third-order valence-corrected chi connectivity index (χ3v) is 3.85. The van der Waals surface area contributed by atoms with E-state index >= 15 is 0 Å². The minimum Gasteiger partial charge on any atom is -0.418 e. The first-order chi connectivity index (χ1) is 10.2. The second-order valence-corrected chi connectivity index (χ2v) is 5.42. The summed E-state index contributed by atoms with van der Waals surface area (Å²) in [7, 11) is 0. The van der Waals surface area contributed by atoms with Crippen LogP contribution in [0.1, 0.15) is 21.8 Å². The fourth-order valence-corrected chi connectivity index (χ4v) is 2.55. The molecule has 2 heterocycles. The number of carbonyl (C=O) groups is 1. The van der Waals surface area contributed by atoms with E-state index in [1.807, 2.05) is 42.6 Å². The van der Waals surface area contributed by atoms with Crippen molar-refractivity contribution in [2.24, 2.45) is 0 Å². The van der Waals surface area contributed by atoms with Gasteiger partial charge in [0, 0.05) is 5.56 Å². The number of nitrogens with one attached hydrogen (secondary N) is 1. The average molecular weight is 299 g/mol. The number of nitrogens with zero attached hydrogens (tertiary/aromatic N) is 2. The number of aromatic nitrogens is 2. The van der Waals surface area contributed by atoms with Gasteiger partial charge in [0.1, 0.15) is 0 Å². The van der Waals surface area contributed by atoms with Gasteiger partial charge in [0.05, 0.1) is 11.4 Å². The van der Waals surface area contributed by atoms with Crippen molar-refractivity contribution in [3.05, 3.63) is 58.8 Å². The predicted molar refractivity (Wildman–Crippen MR) is 80.0 cm³/mol. The van der Waals surface area contributed by atoms with Crippen LogP contribution < -0.4 is 5.32 Å². The topological polar surface area (TPSA) is 68.0 Å². The molecular weight excluding hydrogens is 286 g/mol. The zero-order chi connectivity index (χ0) is 14.7. The lowest BCUT2D eigenvalue weighted by atomic mass is 10.1. The summed E-state index contributed by atoms with van der Waals surface area (Å²) in [5.74, 6) is 0.717. The van der Waals surface area contributed by atoms with E-state index in [1.54, 1.807) is 6.07 Å². The molecule has 106 valence electrons. The zero-order valence-electron chi connectivity index (χ0n) is 11.4. The van der Waals surface area contributed by atoms with E-state index in [1.165, 1.54) is 11.3 Å². The second-order valence-electron chi connectivity index (χ2n) is 4.48. The van der Waals surface area contributed by atoms with Crippen LogP contribution in [0, 0.1) is 6.92 Å². The fourth-order valence-electron chi connectivity index (χ4n) is 1.90. The van der Waals surface area contributed by atoms with Gasteiger partial charge in [-0.25, -0.2) is 0 Å². The van der Waals surface area contributed by atoms with Crippen molar-refractivity contribution >= 4 is 17.2 Å². The Bertz CT molecular complexity index is 750. The summed E-state index contributed by atoms with van der Waals surface area (Å²) in [5, 5.41) is 12.6. The Morgan fingerprint density at radius 3 is 2.86 bits per heavy atom. The molecule has 5 nitrogen and oxygen atoms in total. The Balaban J connectivity index is 1.66. The van der Waals surface area contributed by atoms with Crippen LogP contribution >= 0.6 is 11.3 Å². The van der Waals surface area contributed by atoms with E-state index in [0.717, 1.165) is 10.4 Å². The molecule has 6 heteroatoms. The molecule has 0 radical (unpaired) electrons. The molecule has 0 spiro atoms. The van der Waals surface area contributed by atoms with E-state index in [9.17, 15) is 4.79 Å². The fraction of sp³-hybridized carbons (Fsp3) is 0.133. The summed E-state index contributed by atoms with van der Waals surface area (Å²) < 4.78 is 5.52. The van der Waals surface area contributed by atoms with E-state index in [4.69, 9.17) is 4.42 Å². The molecule has 1 aromatic carbocycles. The summed E-state index contributed by atoms with van der Waals surface area (Å²) >= 11 is 1.53. The highest BCUT2D eigenvalue weighted by molar-refractivity contribution is 7.13. The number of benzene rings is 1. The number of rotatable bonds is 4. The smallest absolute Gasteiger partial charge is 0.257 e. The molecule has 0 bridgehead atoms. The van der Waals surface area contributed by atoms with Crippen molar-refractivity contribution in [2.75, 3.05) is 0 Å². The first kappa shape index (κ1) is 13.5. The van der Waals surface area contributed by atoms with Gasteiger partial charge >= 0.3 is 0 Å². The zero-order valence-corrected chi connectivity index (χ0v) is 12.2. The van der Waals surface area contributed by atoms with E-state index in [-0.39, 0.29) is 12.5 Å². The van der Waals surface area contributed by atoms with Crippen molar-refractivity contribution in [2.45, 2.75) is 13.5 Å². The number of amides is 1. The molecule has 21 heavy (non-hydrogen) atoms. The van der Waals surface area contributed by atoms with Gasteiger partial charge in [-0.15, -0.1) is 21.5 Å². The maximum absolute atomic E-state index is 12.1. The van der Waals surface area contributed by atoms with Crippen molar-refractivity contribution in [1.82, 2.24) is 15.5 Å². The lowest BCUT2D eigenvalue weighted by Crippen LogP contribution is -2.23. The maximum Gasteiger partial charge on any atom is 0.257 e. The number of thiophene rings is 1. The molecule has 0 unspecified atom stereocenters. The molecule has 1 N–H and O–H groups in total. The quantitative estimate of drug-likeness (QED) is 0.804. The van der Waals surface area contributed by atoms with E-state index in [0.29, 0.717) is 17.3 Å². The largest absolute Gasteiger partial charge is 0.418 e. The molecule has 3 rings (SSSR count). The molecule has 0 aliphatic carbocycles. The standard InChI is InChI=1S/C15H13N3O2S/c1-10-5-2-3-6-11(10)14(19)16-9-13-17-18-15(20-13)12-7-4-8-21-12/h2-8H,9H2,1H3,(H,16,19). The Hall–Kier alpha value is -2.47. The predicted octanol–water partition coefficient (Wildman–Crippen LogP) is 3.04. The Morgan fingerprint density at radius 2 is 2.10 bits per heavy atom. The van der Waals surface area contributed by atoms with Crippen LogP contribution in [0.2, 0.25) is 0 Å². The third-order valence-electron chi connectivity index (χ3n) is 2.99. The minimum atomic E-state index is -0.149. The van der Waals surface area contributed by atoms with Crippen molar-refractivity contribution in [3.8, 4) is 10.8 Å². The van der Waals surface area contributed by atoms with Gasteiger partial charge in [0.15, 0.2) is 0 Å². The van der Waals surface area contributed by atoms with Gasteiger partial charge in [-0.05, 0) is 30.0 Å². The van der Waals surface area contributed by atoms with Crippen LogP contribution in [0.5, 0.6) is 0 Å². The molecule has 2 aromatic heterocycles. The van der Waals surface area contributed by atoms with Crippen LogP contribution in [-0.2, 0) is 6.54 Å². The second kappa shape index (κ2) is 5.88.